The molecular formula is C8H17NO2. The van der Waals surface area contributed by atoms with E-state index in [-0.39, 0.29) is 6.04 Å². The van der Waals surface area contributed by atoms with E-state index in [4.69, 9.17) is 15.2 Å². The lowest BCUT2D eigenvalue weighted by atomic mass is 10.2. The van der Waals surface area contributed by atoms with Crippen molar-refractivity contribution in [2.24, 2.45) is 5.73 Å². The molecule has 66 valence electrons. The SMILES string of the molecule is C[C@H](N)COC[C@H]1CCCO1. The molecule has 2 atom stereocenters. The van der Waals surface area contributed by atoms with Gasteiger partial charge in [-0.05, 0) is 19.8 Å². The van der Waals surface area contributed by atoms with Gasteiger partial charge in [0.2, 0.25) is 0 Å². The quantitative estimate of drug-likeness (QED) is 0.650. The third-order valence-electron chi connectivity index (χ3n) is 1.71. The highest BCUT2D eigenvalue weighted by Crippen LogP contribution is 2.11. The summed E-state index contributed by atoms with van der Waals surface area (Å²) in [5.41, 5.74) is 5.51. The van der Waals surface area contributed by atoms with Gasteiger partial charge in [0, 0.05) is 12.6 Å². The molecule has 0 aromatic heterocycles. The monoisotopic (exact) mass is 159 g/mol. The minimum Gasteiger partial charge on any atom is -0.377 e. The van der Waals surface area contributed by atoms with Crippen molar-refractivity contribution in [3.05, 3.63) is 0 Å². The number of hydrogen-bond acceptors (Lipinski definition) is 3. The number of rotatable bonds is 4. The number of nitrogens with two attached hydrogens (primary N) is 1. The fourth-order valence-corrected chi connectivity index (χ4v) is 1.16. The van der Waals surface area contributed by atoms with E-state index in [0.717, 1.165) is 13.0 Å². The molecule has 1 saturated heterocycles. The van der Waals surface area contributed by atoms with Crippen molar-refractivity contribution in [3.8, 4) is 0 Å². The topological polar surface area (TPSA) is 44.5 Å². The molecule has 0 radical (unpaired) electrons. The average molecular weight is 159 g/mol. The minimum absolute atomic E-state index is 0.136. The van der Waals surface area contributed by atoms with Crippen LogP contribution in [0.4, 0.5) is 0 Å². The summed E-state index contributed by atoms with van der Waals surface area (Å²) >= 11 is 0. The molecule has 1 fully saturated rings. The van der Waals surface area contributed by atoms with Crippen LogP contribution in [-0.4, -0.2) is 32.0 Å². The van der Waals surface area contributed by atoms with Gasteiger partial charge in [-0.25, -0.2) is 0 Å². The maximum Gasteiger partial charge on any atom is 0.0809 e. The van der Waals surface area contributed by atoms with Crippen LogP contribution in [0.5, 0.6) is 0 Å². The van der Waals surface area contributed by atoms with Crippen LogP contribution in [0.3, 0.4) is 0 Å². The van der Waals surface area contributed by atoms with E-state index < -0.39 is 0 Å². The van der Waals surface area contributed by atoms with E-state index in [1.807, 2.05) is 6.92 Å². The summed E-state index contributed by atoms with van der Waals surface area (Å²) < 4.78 is 10.7. The van der Waals surface area contributed by atoms with Gasteiger partial charge in [-0.3, -0.25) is 0 Å². The van der Waals surface area contributed by atoms with E-state index in [2.05, 4.69) is 0 Å². The number of hydrogen-bond donors (Lipinski definition) is 1. The molecule has 0 aromatic rings. The lowest BCUT2D eigenvalue weighted by Crippen LogP contribution is -2.25. The van der Waals surface area contributed by atoms with Crippen molar-refractivity contribution < 1.29 is 9.47 Å². The van der Waals surface area contributed by atoms with E-state index in [1.165, 1.54) is 6.42 Å². The Balaban J connectivity index is 1.94. The highest BCUT2D eigenvalue weighted by atomic mass is 16.5. The molecule has 1 heterocycles. The van der Waals surface area contributed by atoms with Gasteiger partial charge < -0.3 is 15.2 Å². The summed E-state index contributed by atoms with van der Waals surface area (Å²) in [5, 5.41) is 0. The first kappa shape index (κ1) is 8.97. The molecule has 3 heteroatoms. The third kappa shape index (κ3) is 3.70. The highest BCUT2D eigenvalue weighted by molar-refractivity contribution is 4.63. The van der Waals surface area contributed by atoms with Gasteiger partial charge >= 0.3 is 0 Å². The molecule has 0 spiro atoms. The smallest absolute Gasteiger partial charge is 0.0809 e. The second-order valence-corrected chi connectivity index (χ2v) is 3.15. The Morgan fingerprint density at radius 2 is 2.55 bits per heavy atom. The van der Waals surface area contributed by atoms with Crippen LogP contribution in [0.15, 0.2) is 0 Å². The zero-order valence-electron chi connectivity index (χ0n) is 7.08. The van der Waals surface area contributed by atoms with Crippen LogP contribution in [0, 0.1) is 0 Å². The van der Waals surface area contributed by atoms with Gasteiger partial charge in [0.1, 0.15) is 0 Å². The second-order valence-electron chi connectivity index (χ2n) is 3.15. The molecule has 0 aliphatic carbocycles. The van der Waals surface area contributed by atoms with Crippen molar-refractivity contribution in [1.29, 1.82) is 0 Å². The zero-order chi connectivity index (χ0) is 8.10. The van der Waals surface area contributed by atoms with E-state index in [0.29, 0.717) is 19.3 Å². The van der Waals surface area contributed by atoms with Crippen molar-refractivity contribution in [2.75, 3.05) is 19.8 Å². The predicted molar refractivity (Wildman–Crippen MR) is 43.4 cm³/mol. The third-order valence-corrected chi connectivity index (χ3v) is 1.71. The lowest BCUT2D eigenvalue weighted by Gasteiger charge is -2.11. The Kier molecular flexibility index (Phi) is 3.83. The van der Waals surface area contributed by atoms with Gasteiger partial charge in [-0.1, -0.05) is 0 Å². The molecule has 11 heavy (non-hydrogen) atoms. The van der Waals surface area contributed by atoms with Crippen LogP contribution < -0.4 is 5.73 Å². The van der Waals surface area contributed by atoms with Crippen molar-refractivity contribution in [1.82, 2.24) is 0 Å². The summed E-state index contributed by atoms with van der Waals surface area (Å²) in [5.74, 6) is 0. The predicted octanol–water partition coefficient (Wildman–Crippen LogP) is 0.529. The molecule has 3 nitrogen and oxygen atoms in total. The van der Waals surface area contributed by atoms with Gasteiger partial charge in [-0.2, -0.15) is 0 Å². The molecule has 1 aliphatic rings. The minimum atomic E-state index is 0.136. The van der Waals surface area contributed by atoms with Gasteiger partial charge in [-0.15, -0.1) is 0 Å². The summed E-state index contributed by atoms with van der Waals surface area (Å²) in [7, 11) is 0. The maximum atomic E-state index is 5.51. The fourth-order valence-electron chi connectivity index (χ4n) is 1.16. The van der Waals surface area contributed by atoms with Gasteiger partial charge in [0.25, 0.3) is 0 Å². The zero-order valence-corrected chi connectivity index (χ0v) is 7.08. The van der Waals surface area contributed by atoms with E-state index >= 15 is 0 Å². The first-order valence-corrected chi connectivity index (χ1v) is 4.24. The van der Waals surface area contributed by atoms with Crippen LogP contribution >= 0.6 is 0 Å². The Morgan fingerprint density at radius 1 is 1.73 bits per heavy atom. The Labute approximate surface area is 67.9 Å². The van der Waals surface area contributed by atoms with Crippen LogP contribution in [0.1, 0.15) is 19.8 Å². The van der Waals surface area contributed by atoms with Crippen LogP contribution in [0.2, 0.25) is 0 Å². The standard InChI is InChI=1S/C8H17NO2/c1-7(9)5-10-6-8-3-2-4-11-8/h7-8H,2-6,9H2,1H3/t7-,8+/m0/s1. The maximum absolute atomic E-state index is 5.51. The average Bonchev–Trinajstić information content (AvgIpc) is 2.39. The van der Waals surface area contributed by atoms with Gasteiger partial charge in [0.15, 0.2) is 0 Å². The molecule has 2 N–H and O–H groups in total. The van der Waals surface area contributed by atoms with E-state index in [9.17, 15) is 0 Å². The normalized spacial score (nSPS) is 27.3. The molecule has 0 bridgehead atoms. The molecule has 0 amide bonds. The summed E-state index contributed by atoms with van der Waals surface area (Å²) in [6.45, 7) is 4.18. The molecule has 0 saturated carbocycles. The first-order valence-electron chi connectivity index (χ1n) is 4.24. The molecule has 1 rings (SSSR count). The van der Waals surface area contributed by atoms with Gasteiger partial charge in [0.05, 0.1) is 19.3 Å². The lowest BCUT2D eigenvalue weighted by molar-refractivity contribution is 0.0142. The van der Waals surface area contributed by atoms with Crippen molar-refractivity contribution in [2.45, 2.75) is 31.9 Å². The van der Waals surface area contributed by atoms with Crippen molar-refractivity contribution in [3.63, 3.8) is 0 Å². The Hall–Kier alpha value is -0.120. The first-order chi connectivity index (χ1) is 5.29. The fraction of sp³-hybridized carbons (Fsp3) is 1.00. The molecule has 1 aliphatic heterocycles. The Morgan fingerprint density at radius 3 is 3.09 bits per heavy atom. The van der Waals surface area contributed by atoms with E-state index in [1.54, 1.807) is 0 Å². The largest absolute Gasteiger partial charge is 0.377 e. The summed E-state index contributed by atoms with van der Waals surface area (Å²) in [6.07, 6.45) is 2.64. The van der Waals surface area contributed by atoms with Crippen molar-refractivity contribution >= 4 is 0 Å². The highest BCUT2D eigenvalue weighted by Gasteiger charge is 2.15. The molecular weight excluding hydrogens is 142 g/mol. The second kappa shape index (κ2) is 4.70. The van der Waals surface area contributed by atoms with Crippen LogP contribution in [-0.2, 0) is 9.47 Å². The van der Waals surface area contributed by atoms with Crippen LogP contribution in [0.25, 0.3) is 0 Å². The number of ether oxygens (including phenoxy) is 2. The Bertz CT molecular complexity index is 100. The summed E-state index contributed by atoms with van der Waals surface area (Å²) in [4.78, 5) is 0. The molecule has 0 unspecified atom stereocenters. The summed E-state index contributed by atoms with van der Waals surface area (Å²) in [6, 6.07) is 0.136. The molecule has 0 aromatic carbocycles.